The van der Waals surface area contributed by atoms with Crippen LogP contribution in [0, 0.1) is 6.92 Å². The molecule has 104 valence electrons. The van der Waals surface area contributed by atoms with E-state index in [9.17, 15) is 0 Å². The molecule has 1 atom stereocenters. The molecule has 4 heteroatoms. The van der Waals surface area contributed by atoms with Crippen molar-refractivity contribution in [1.82, 2.24) is 9.97 Å². The molecule has 0 unspecified atom stereocenters. The number of nitrogens with zero attached hydrogens (tertiary/aromatic N) is 3. The SMILES string of the molecule is Cc1ccnc(N2CCO[C@H](Cc3ccccc3)C2)n1. The zero-order valence-electron chi connectivity index (χ0n) is 11.7. The van der Waals surface area contributed by atoms with E-state index in [1.54, 1.807) is 0 Å². The van der Waals surface area contributed by atoms with Crippen LogP contribution >= 0.6 is 0 Å². The highest BCUT2D eigenvalue weighted by Gasteiger charge is 2.22. The Bertz CT molecular complexity index is 559. The number of anilines is 1. The second-order valence-electron chi connectivity index (χ2n) is 5.13. The quantitative estimate of drug-likeness (QED) is 0.856. The molecule has 1 aliphatic heterocycles. The van der Waals surface area contributed by atoms with E-state index < -0.39 is 0 Å². The van der Waals surface area contributed by atoms with Crippen molar-refractivity contribution in [2.24, 2.45) is 0 Å². The van der Waals surface area contributed by atoms with Gasteiger partial charge in [-0.15, -0.1) is 0 Å². The van der Waals surface area contributed by atoms with Crippen molar-refractivity contribution >= 4 is 5.95 Å². The lowest BCUT2D eigenvalue weighted by atomic mass is 10.1. The predicted octanol–water partition coefficient (Wildman–Crippen LogP) is 2.23. The molecule has 0 aliphatic carbocycles. The number of ether oxygens (including phenoxy) is 1. The number of hydrogen-bond donors (Lipinski definition) is 0. The summed E-state index contributed by atoms with van der Waals surface area (Å²) in [5, 5.41) is 0. The Morgan fingerprint density at radius 1 is 1.25 bits per heavy atom. The smallest absolute Gasteiger partial charge is 0.225 e. The van der Waals surface area contributed by atoms with E-state index in [0.29, 0.717) is 0 Å². The molecule has 1 fully saturated rings. The number of rotatable bonds is 3. The van der Waals surface area contributed by atoms with Crippen molar-refractivity contribution in [2.75, 3.05) is 24.6 Å². The van der Waals surface area contributed by atoms with Crippen LogP contribution in [0.1, 0.15) is 11.3 Å². The van der Waals surface area contributed by atoms with Crippen molar-refractivity contribution in [2.45, 2.75) is 19.4 Å². The molecule has 1 aliphatic rings. The summed E-state index contributed by atoms with van der Waals surface area (Å²) in [6.45, 7) is 4.43. The maximum atomic E-state index is 5.87. The van der Waals surface area contributed by atoms with Gasteiger partial charge in [0.1, 0.15) is 0 Å². The van der Waals surface area contributed by atoms with E-state index in [2.05, 4.69) is 39.1 Å². The number of aryl methyl sites for hydroxylation is 1. The highest BCUT2D eigenvalue weighted by molar-refractivity contribution is 5.31. The molecule has 20 heavy (non-hydrogen) atoms. The fourth-order valence-electron chi connectivity index (χ4n) is 2.49. The molecule has 1 aromatic carbocycles. The van der Waals surface area contributed by atoms with Gasteiger partial charge in [-0.05, 0) is 18.6 Å². The van der Waals surface area contributed by atoms with Crippen molar-refractivity contribution < 1.29 is 4.74 Å². The fraction of sp³-hybridized carbons (Fsp3) is 0.375. The number of aromatic nitrogens is 2. The first-order chi connectivity index (χ1) is 9.81. The van der Waals surface area contributed by atoms with Gasteiger partial charge in [0.15, 0.2) is 0 Å². The van der Waals surface area contributed by atoms with Gasteiger partial charge in [-0.2, -0.15) is 0 Å². The van der Waals surface area contributed by atoms with E-state index in [4.69, 9.17) is 4.74 Å². The maximum absolute atomic E-state index is 5.87. The second kappa shape index (κ2) is 6.01. The minimum Gasteiger partial charge on any atom is -0.374 e. The number of benzene rings is 1. The van der Waals surface area contributed by atoms with Crippen LogP contribution in [0.4, 0.5) is 5.95 Å². The Morgan fingerprint density at radius 3 is 2.90 bits per heavy atom. The van der Waals surface area contributed by atoms with E-state index in [1.165, 1.54) is 5.56 Å². The fourth-order valence-corrected chi connectivity index (χ4v) is 2.49. The summed E-state index contributed by atoms with van der Waals surface area (Å²) in [6.07, 6.45) is 2.96. The van der Waals surface area contributed by atoms with Crippen molar-refractivity contribution in [1.29, 1.82) is 0 Å². The van der Waals surface area contributed by atoms with Crippen LogP contribution in [-0.2, 0) is 11.2 Å². The molecular weight excluding hydrogens is 250 g/mol. The van der Waals surface area contributed by atoms with Crippen LogP contribution in [0.5, 0.6) is 0 Å². The third-order valence-electron chi connectivity index (χ3n) is 3.51. The van der Waals surface area contributed by atoms with Gasteiger partial charge in [0.25, 0.3) is 0 Å². The van der Waals surface area contributed by atoms with Crippen molar-refractivity contribution in [3.63, 3.8) is 0 Å². The Balaban J connectivity index is 1.67. The Hall–Kier alpha value is -1.94. The lowest BCUT2D eigenvalue weighted by Gasteiger charge is -2.33. The monoisotopic (exact) mass is 269 g/mol. The summed E-state index contributed by atoms with van der Waals surface area (Å²) in [4.78, 5) is 11.1. The summed E-state index contributed by atoms with van der Waals surface area (Å²) < 4.78 is 5.87. The molecule has 2 aromatic rings. The average molecular weight is 269 g/mol. The first-order valence-electron chi connectivity index (χ1n) is 7.01. The number of morpholine rings is 1. The molecule has 1 saturated heterocycles. The zero-order valence-corrected chi connectivity index (χ0v) is 11.7. The second-order valence-corrected chi connectivity index (χ2v) is 5.13. The summed E-state index contributed by atoms with van der Waals surface area (Å²) in [7, 11) is 0. The van der Waals surface area contributed by atoms with Crippen LogP contribution < -0.4 is 4.90 Å². The summed E-state index contributed by atoms with van der Waals surface area (Å²) >= 11 is 0. The van der Waals surface area contributed by atoms with Gasteiger partial charge in [-0.1, -0.05) is 30.3 Å². The molecule has 4 nitrogen and oxygen atoms in total. The van der Waals surface area contributed by atoms with Crippen LogP contribution in [0.2, 0.25) is 0 Å². The predicted molar refractivity (Wildman–Crippen MR) is 78.9 cm³/mol. The van der Waals surface area contributed by atoms with E-state index in [1.807, 2.05) is 25.3 Å². The maximum Gasteiger partial charge on any atom is 0.225 e. The van der Waals surface area contributed by atoms with Crippen LogP contribution in [-0.4, -0.2) is 35.8 Å². The van der Waals surface area contributed by atoms with Crippen LogP contribution in [0.3, 0.4) is 0 Å². The normalized spacial score (nSPS) is 19.1. The molecule has 1 aromatic heterocycles. The Kier molecular flexibility index (Phi) is 3.92. The van der Waals surface area contributed by atoms with Gasteiger partial charge < -0.3 is 9.64 Å². The Morgan fingerprint density at radius 2 is 2.10 bits per heavy atom. The number of hydrogen-bond acceptors (Lipinski definition) is 4. The minimum atomic E-state index is 0.204. The minimum absolute atomic E-state index is 0.204. The highest BCUT2D eigenvalue weighted by atomic mass is 16.5. The lowest BCUT2D eigenvalue weighted by molar-refractivity contribution is 0.0405. The third kappa shape index (κ3) is 3.14. The van der Waals surface area contributed by atoms with Gasteiger partial charge in [0, 0.05) is 31.4 Å². The standard InChI is InChI=1S/C16H19N3O/c1-13-7-8-17-16(18-13)19-9-10-20-15(12-19)11-14-5-3-2-4-6-14/h2-8,15H,9-12H2,1H3/t15-/m1/s1. The zero-order chi connectivity index (χ0) is 13.8. The van der Waals surface area contributed by atoms with Crippen LogP contribution in [0.15, 0.2) is 42.6 Å². The molecule has 0 amide bonds. The molecular formula is C16H19N3O. The van der Waals surface area contributed by atoms with E-state index in [0.717, 1.165) is 37.8 Å². The summed E-state index contributed by atoms with van der Waals surface area (Å²) in [5.41, 5.74) is 2.31. The van der Waals surface area contributed by atoms with Gasteiger partial charge in [0.05, 0.1) is 12.7 Å². The Labute approximate surface area is 119 Å². The van der Waals surface area contributed by atoms with Gasteiger partial charge in [0.2, 0.25) is 5.95 Å². The molecule has 0 radical (unpaired) electrons. The first kappa shape index (κ1) is 13.1. The molecule has 2 heterocycles. The van der Waals surface area contributed by atoms with Gasteiger partial charge in [-0.25, -0.2) is 9.97 Å². The summed E-state index contributed by atoms with van der Waals surface area (Å²) in [6, 6.07) is 12.4. The van der Waals surface area contributed by atoms with E-state index >= 15 is 0 Å². The van der Waals surface area contributed by atoms with Crippen LogP contribution in [0.25, 0.3) is 0 Å². The largest absolute Gasteiger partial charge is 0.374 e. The molecule has 0 spiro atoms. The van der Waals surface area contributed by atoms with E-state index in [-0.39, 0.29) is 6.10 Å². The first-order valence-corrected chi connectivity index (χ1v) is 7.01. The lowest BCUT2D eigenvalue weighted by Crippen LogP contribution is -2.44. The highest BCUT2D eigenvalue weighted by Crippen LogP contribution is 2.16. The summed E-state index contributed by atoms with van der Waals surface area (Å²) in [5.74, 6) is 0.811. The molecule has 0 saturated carbocycles. The molecule has 0 N–H and O–H groups in total. The van der Waals surface area contributed by atoms with Crippen molar-refractivity contribution in [3.05, 3.63) is 53.9 Å². The van der Waals surface area contributed by atoms with Gasteiger partial charge >= 0.3 is 0 Å². The third-order valence-corrected chi connectivity index (χ3v) is 3.51. The van der Waals surface area contributed by atoms with Crippen molar-refractivity contribution in [3.8, 4) is 0 Å². The van der Waals surface area contributed by atoms with Gasteiger partial charge in [-0.3, -0.25) is 0 Å². The average Bonchev–Trinajstić information content (AvgIpc) is 2.49. The molecule has 0 bridgehead atoms. The topological polar surface area (TPSA) is 38.2 Å². The molecule has 3 rings (SSSR count).